The van der Waals surface area contributed by atoms with Gasteiger partial charge in [-0.3, -0.25) is 0 Å². The Bertz CT molecular complexity index is 1000. The molecule has 7 heteroatoms. The highest BCUT2D eigenvalue weighted by Gasteiger charge is 2.10. The van der Waals surface area contributed by atoms with Crippen LogP contribution in [0.1, 0.15) is 0 Å². The van der Waals surface area contributed by atoms with Crippen molar-refractivity contribution in [3.8, 4) is 0 Å². The van der Waals surface area contributed by atoms with Gasteiger partial charge >= 0.3 is 0 Å². The van der Waals surface area contributed by atoms with Crippen LogP contribution in [0.4, 0.5) is 20.2 Å². The predicted molar refractivity (Wildman–Crippen MR) is 88.3 cm³/mol. The van der Waals surface area contributed by atoms with Crippen LogP contribution in [-0.4, -0.2) is 15.0 Å². The van der Waals surface area contributed by atoms with Crippen LogP contribution in [0.5, 0.6) is 0 Å². The van der Waals surface area contributed by atoms with E-state index in [2.05, 4.69) is 20.3 Å². The summed E-state index contributed by atoms with van der Waals surface area (Å²) >= 11 is 0. The lowest BCUT2D eigenvalue weighted by Gasteiger charge is -2.10. The standard InChI is InChI=1S/C16H10F2N4.ClH/c17-10-2-1-9(7-11(10)18)22-13-5-6-19-12-3-4-14-16(15(12)13)21-8-20-14;/h1-8,19,22H;1H. The number of rotatable bonds is 2. The molecule has 0 unspecified atom stereocenters. The van der Waals surface area contributed by atoms with Crippen molar-refractivity contribution < 1.29 is 8.78 Å². The molecule has 116 valence electrons. The summed E-state index contributed by atoms with van der Waals surface area (Å²) in [5.41, 5.74) is 3.61. The van der Waals surface area contributed by atoms with Gasteiger partial charge in [0.25, 0.3) is 0 Å². The van der Waals surface area contributed by atoms with E-state index < -0.39 is 11.6 Å². The third-order valence-corrected chi connectivity index (χ3v) is 3.50. The van der Waals surface area contributed by atoms with Gasteiger partial charge in [-0.1, -0.05) is 0 Å². The molecule has 0 aliphatic rings. The molecule has 2 N–H and O–H groups in total. The minimum atomic E-state index is -0.893. The topological polar surface area (TPSA) is 53.6 Å². The number of aromatic nitrogens is 3. The van der Waals surface area contributed by atoms with Crippen molar-refractivity contribution in [3.63, 3.8) is 0 Å². The number of nitrogens with zero attached hydrogens (tertiary/aromatic N) is 2. The molecule has 4 nitrogen and oxygen atoms in total. The first-order valence-electron chi connectivity index (χ1n) is 6.65. The first-order valence-corrected chi connectivity index (χ1v) is 6.65. The van der Waals surface area contributed by atoms with Crippen molar-refractivity contribution in [2.75, 3.05) is 5.32 Å². The zero-order valence-electron chi connectivity index (χ0n) is 11.7. The van der Waals surface area contributed by atoms with E-state index in [0.29, 0.717) is 5.69 Å². The highest BCUT2D eigenvalue weighted by molar-refractivity contribution is 6.09. The van der Waals surface area contributed by atoms with Gasteiger partial charge in [0, 0.05) is 28.9 Å². The Labute approximate surface area is 136 Å². The van der Waals surface area contributed by atoms with E-state index in [-0.39, 0.29) is 12.4 Å². The molecule has 0 bridgehead atoms. The third kappa shape index (κ3) is 2.57. The summed E-state index contributed by atoms with van der Waals surface area (Å²) in [7, 11) is 0. The van der Waals surface area contributed by atoms with Crippen molar-refractivity contribution in [1.82, 2.24) is 15.0 Å². The van der Waals surface area contributed by atoms with E-state index in [1.165, 1.54) is 12.4 Å². The van der Waals surface area contributed by atoms with Crippen LogP contribution in [0.25, 0.3) is 21.9 Å². The summed E-state index contributed by atoms with van der Waals surface area (Å²) in [5.74, 6) is -1.77. The van der Waals surface area contributed by atoms with Gasteiger partial charge in [-0.2, -0.15) is 0 Å². The van der Waals surface area contributed by atoms with Gasteiger partial charge in [0.15, 0.2) is 11.6 Å². The molecule has 2 heterocycles. The molecule has 0 radical (unpaired) electrons. The van der Waals surface area contributed by atoms with Crippen LogP contribution in [0.15, 0.2) is 48.9 Å². The van der Waals surface area contributed by atoms with Crippen LogP contribution >= 0.6 is 12.4 Å². The number of H-pyrrole nitrogens is 1. The predicted octanol–water partition coefficient (Wildman–Crippen LogP) is 4.55. The van der Waals surface area contributed by atoms with Crippen LogP contribution < -0.4 is 5.32 Å². The summed E-state index contributed by atoms with van der Waals surface area (Å²) in [4.78, 5) is 11.6. The molecule has 0 aliphatic heterocycles. The molecule has 0 fully saturated rings. The number of aromatic amines is 1. The van der Waals surface area contributed by atoms with Crippen LogP contribution in [0.3, 0.4) is 0 Å². The second kappa shape index (κ2) is 5.81. The van der Waals surface area contributed by atoms with Crippen molar-refractivity contribution in [1.29, 1.82) is 0 Å². The molecule has 4 rings (SSSR count). The fourth-order valence-electron chi connectivity index (χ4n) is 2.49. The van der Waals surface area contributed by atoms with E-state index in [0.717, 1.165) is 39.8 Å². The van der Waals surface area contributed by atoms with Crippen LogP contribution in [-0.2, 0) is 0 Å². The molecule has 0 amide bonds. The SMILES string of the molecule is Cl.Fc1ccc(Nc2cc[nH]c3ccc4ncnc4c23)cc1F. The van der Waals surface area contributed by atoms with Crippen molar-refractivity contribution in [2.24, 2.45) is 0 Å². The minimum absolute atomic E-state index is 0. The Morgan fingerprint density at radius 3 is 2.65 bits per heavy atom. The number of hydrogen-bond acceptors (Lipinski definition) is 3. The Balaban J connectivity index is 0.00000156. The summed E-state index contributed by atoms with van der Waals surface area (Å²) < 4.78 is 26.4. The second-order valence-corrected chi connectivity index (χ2v) is 4.87. The maximum atomic E-state index is 13.4. The number of anilines is 2. The molecule has 23 heavy (non-hydrogen) atoms. The molecular weight excluding hydrogens is 322 g/mol. The number of imidazole rings is 1. The Hall–Kier alpha value is -2.73. The lowest BCUT2D eigenvalue weighted by atomic mass is 10.1. The monoisotopic (exact) mass is 332 g/mol. The number of benzene rings is 2. The van der Waals surface area contributed by atoms with E-state index >= 15 is 0 Å². The van der Waals surface area contributed by atoms with Gasteiger partial charge < -0.3 is 10.3 Å². The van der Waals surface area contributed by atoms with Crippen LogP contribution in [0, 0.1) is 11.6 Å². The van der Waals surface area contributed by atoms with Gasteiger partial charge in [-0.15, -0.1) is 12.4 Å². The molecule has 2 aromatic heterocycles. The Morgan fingerprint density at radius 1 is 0.957 bits per heavy atom. The van der Waals surface area contributed by atoms with E-state index in [4.69, 9.17) is 0 Å². The fraction of sp³-hybridized carbons (Fsp3) is 0. The smallest absolute Gasteiger partial charge is 0.160 e. The minimum Gasteiger partial charge on any atom is -0.361 e. The zero-order valence-corrected chi connectivity index (χ0v) is 12.5. The first-order chi connectivity index (χ1) is 10.7. The average molecular weight is 333 g/mol. The Morgan fingerprint density at radius 2 is 1.83 bits per heavy atom. The number of hydrogen-bond donors (Lipinski definition) is 2. The molecule has 4 aromatic rings. The summed E-state index contributed by atoms with van der Waals surface area (Å²) in [5, 5.41) is 3.95. The zero-order chi connectivity index (χ0) is 15.1. The average Bonchev–Trinajstić information content (AvgIpc) is 3.00. The van der Waals surface area contributed by atoms with Gasteiger partial charge in [-0.25, -0.2) is 18.7 Å². The summed E-state index contributed by atoms with van der Waals surface area (Å²) in [6.07, 6.45) is 3.27. The molecule has 0 saturated heterocycles. The molecule has 2 aromatic carbocycles. The Kier molecular flexibility index (Phi) is 3.83. The number of fused-ring (bicyclic) bond motifs is 3. The maximum absolute atomic E-state index is 13.4. The van der Waals surface area contributed by atoms with E-state index in [1.54, 1.807) is 6.20 Å². The van der Waals surface area contributed by atoms with Crippen molar-refractivity contribution in [2.45, 2.75) is 0 Å². The fourth-order valence-corrected chi connectivity index (χ4v) is 2.49. The summed E-state index contributed by atoms with van der Waals surface area (Å²) in [6.45, 7) is 0. The molecule has 0 atom stereocenters. The highest BCUT2D eigenvalue weighted by Crippen LogP contribution is 2.30. The number of nitrogens with one attached hydrogen (secondary N) is 2. The lowest BCUT2D eigenvalue weighted by Crippen LogP contribution is -1.95. The molecule has 0 spiro atoms. The quantitative estimate of drug-likeness (QED) is 0.566. The maximum Gasteiger partial charge on any atom is 0.160 e. The van der Waals surface area contributed by atoms with E-state index in [1.807, 2.05) is 18.2 Å². The van der Waals surface area contributed by atoms with Gasteiger partial charge in [-0.05, 0) is 30.3 Å². The van der Waals surface area contributed by atoms with Crippen molar-refractivity contribution in [3.05, 3.63) is 60.6 Å². The van der Waals surface area contributed by atoms with Gasteiger partial charge in [0.2, 0.25) is 0 Å². The van der Waals surface area contributed by atoms with Gasteiger partial charge in [0.1, 0.15) is 11.8 Å². The molecular formula is C16H11ClF2N4. The molecule has 0 saturated carbocycles. The summed E-state index contributed by atoms with van der Waals surface area (Å²) in [6, 6.07) is 9.29. The largest absolute Gasteiger partial charge is 0.361 e. The van der Waals surface area contributed by atoms with Crippen molar-refractivity contribution >= 4 is 45.7 Å². The first kappa shape index (κ1) is 15.2. The van der Waals surface area contributed by atoms with E-state index in [9.17, 15) is 8.78 Å². The van der Waals surface area contributed by atoms with Gasteiger partial charge in [0.05, 0.1) is 11.2 Å². The number of pyridine rings is 1. The highest BCUT2D eigenvalue weighted by atomic mass is 35.5. The number of halogens is 3. The molecule has 0 aliphatic carbocycles. The van der Waals surface area contributed by atoms with Crippen LogP contribution in [0.2, 0.25) is 0 Å². The second-order valence-electron chi connectivity index (χ2n) is 4.87. The lowest BCUT2D eigenvalue weighted by molar-refractivity contribution is 0.509. The normalized spacial score (nSPS) is 10.7. The third-order valence-electron chi connectivity index (χ3n) is 3.50.